The average molecular weight is 619 g/mol. The molecule has 11 heteroatoms. The molecule has 41 heavy (non-hydrogen) atoms. The van der Waals surface area contributed by atoms with Crippen LogP contribution < -0.4 is 0 Å². The van der Waals surface area contributed by atoms with E-state index in [1.165, 1.54) is 6.26 Å². The summed E-state index contributed by atoms with van der Waals surface area (Å²) in [6.07, 6.45) is 1.75. The number of esters is 3. The van der Waals surface area contributed by atoms with Crippen LogP contribution >= 0.6 is 19.0 Å². The highest BCUT2D eigenvalue weighted by molar-refractivity contribution is 8.52. The van der Waals surface area contributed by atoms with Crippen molar-refractivity contribution in [1.29, 1.82) is 0 Å². The number of rotatable bonds is 15. The highest BCUT2D eigenvalue weighted by Gasteiger charge is 2.43. The number of carbonyl (C=O) groups excluding carboxylic acids is 4. The lowest BCUT2D eigenvalue weighted by Gasteiger charge is -2.32. The van der Waals surface area contributed by atoms with Crippen molar-refractivity contribution >= 4 is 42.9 Å². The van der Waals surface area contributed by atoms with Crippen LogP contribution in [0.25, 0.3) is 0 Å². The van der Waals surface area contributed by atoms with Gasteiger partial charge < -0.3 is 18.7 Å². The smallest absolute Gasteiger partial charge is 0.343 e. The second-order valence-corrected chi connectivity index (χ2v) is 14.9. The maximum Gasteiger partial charge on any atom is 0.343 e. The Kier molecular flexibility index (Phi) is 16.1. The lowest BCUT2D eigenvalue weighted by molar-refractivity contribution is -0.168. The minimum Gasteiger partial charge on any atom is -0.462 e. The molecule has 0 saturated carbocycles. The molecule has 0 saturated heterocycles. The van der Waals surface area contributed by atoms with Crippen molar-refractivity contribution in [1.82, 2.24) is 0 Å². The van der Waals surface area contributed by atoms with E-state index in [4.69, 9.17) is 18.7 Å². The van der Waals surface area contributed by atoms with Gasteiger partial charge >= 0.3 is 31.5 Å². The Hall–Kier alpha value is -2.19. The normalized spacial score (nSPS) is 12.8. The number of carbonyl (C=O) groups is 4. The highest BCUT2D eigenvalue weighted by Crippen LogP contribution is 2.52. The first-order valence-corrected chi connectivity index (χ1v) is 16.6. The van der Waals surface area contributed by atoms with Crippen molar-refractivity contribution in [3.8, 4) is 0 Å². The molecule has 8 nitrogen and oxygen atoms in total. The molecule has 1 rings (SSSR count). The summed E-state index contributed by atoms with van der Waals surface area (Å²) in [7, 11) is -2.41. The predicted molar refractivity (Wildman–Crippen MR) is 161 cm³/mol. The summed E-state index contributed by atoms with van der Waals surface area (Å²) in [5.41, 5.74) is -3.27. The van der Waals surface area contributed by atoms with Crippen LogP contribution in [0.4, 0.5) is 4.20 Å². The standard InChI is InChI=1S/C28H42FO8PS.C2H6/c1-25(2,18-27(5,6)23(32)36-17-20-13-11-10-12-14-20)21(30)34-15-16-35-22(31)26(3,4)19-28(7,8)24(33)37-38(29)39-9;1-2/h10-14H,15-19H2,1-9H3;1-2H3. The van der Waals surface area contributed by atoms with Crippen LogP contribution in [-0.2, 0) is 44.5 Å². The Balaban J connectivity index is 0.00000781. The molecule has 1 atom stereocenters. The van der Waals surface area contributed by atoms with Crippen LogP contribution in [0.5, 0.6) is 0 Å². The molecule has 1 aromatic carbocycles. The number of hydrogen-bond donors (Lipinski definition) is 0. The van der Waals surface area contributed by atoms with Crippen LogP contribution in [0.1, 0.15) is 87.6 Å². The van der Waals surface area contributed by atoms with Crippen molar-refractivity contribution < 1.29 is 42.1 Å². The molecule has 234 valence electrons. The second kappa shape index (κ2) is 17.1. The molecule has 1 unspecified atom stereocenters. The van der Waals surface area contributed by atoms with Gasteiger partial charge in [0.1, 0.15) is 19.8 Å². The maximum absolute atomic E-state index is 13.5. The number of benzene rings is 1. The van der Waals surface area contributed by atoms with Gasteiger partial charge in [-0.05, 0) is 80.1 Å². The third-order valence-electron chi connectivity index (χ3n) is 6.04. The van der Waals surface area contributed by atoms with E-state index in [-0.39, 0.29) is 32.7 Å². The third-order valence-corrected chi connectivity index (χ3v) is 7.72. The zero-order valence-electron chi connectivity index (χ0n) is 26.4. The number of ether oxygens (including phenoxy) is 3. The molecular weight excluding hydrogens is 570 g/mol. The van der Waals surface area contributed by atoms with Crippen LogP contribution in [-0.4, -0.2) is 43.3 Å². The van der Waals surface area contributed by atoms with Gasteiger partial charge in [0.25, 0.3) is 0 Å². The summed E-state index contributed by atoms with van der Waals surface area (Å²) in [5.74, 6) is -2.28. The first-order valence-electron chi connectivity index (χ1n) is 13.6. The topological polar surface area (TPSA) is 105 Å². The molecule has 0 aromatic heterocycles. The Labute approximate surface area is 250 Å². The summed E-state index contributed by atoms with van der Waals surface area (Å²) < 4.78 is 34.4. The summed E-state index contributed by atoms with van der Waals surface area (Å²) >= 11 is 0.815. The molecule has 0 aliphatic heterocycles. The molecule has 0 bridgehead atoms. The molecule has 0 amide bonds. The molecule has 0 spiro atoms. The maximum atomic E-state index is 13.5. The average Bonchev–Trinajstić information content (AvgIpc) is 2.89. The van der Waals surface area contributed by atoms with Crippen LogP contribution in [0.2, 0.25) is 0 Å². The van der Waals surface area contributed by atoms with Crippen molar-refractivity contribution in [2.24, 2.45) is 21.7 Å². The SMILES string of the molecule is CC.CSP(F)OC(=O)C(C)(C)CC(C)(C)C(=O)OCCOC(=O)C(C)(C)CC(C)(C)C(=O)OCc1ccccc1. The minimum atomic E-state index is -2.41. The monoisotopic (exact) mass is 618 g/mol. The quantitative estimate of drug-likeness (QED) is 0.0841. The predicted octanol–water partition coefficient (Wildman–Crippen LogP) is 7.83. The zero-order chi connectivity index (χ0) is 32.1. The minimum absolute atomic E-state index is 0.0670. The van der Waals surface area contributed by atoms with E-state index in [1.807, 2.05) is 44.2 Å². The summed E-state index contributed by atoms with van der Waals surface area (Å²) in [6, 6.07) is 9.32. The van der Waals surface area contributed by atoms with Gasteiger partial charge in [0.05, 0.1) is 21.7 Å². The third kappa shape index (κ3) is 13.6. The Bertz CT molecular complexity index is 995. The Morgan fingerprint density at radius 3 is 1.44 bits per heavy atom. The van der Waals surface area contributed by atoms with Crippen molar-refractivity contribution in [3.63, 3.8) is 0 Å². The fraction of sp³-hybridized carbons (Fsp3) is 0.667. The number of hydrogen-bond acceptors (Lipinski definition) is 9. The van der Waals surface area contributed by atoms with Gasteiger partial charge in [0, 0.05) is 0 Å². The fourth-order valence-corrected chi connectivity index (χ4v) is 5.18. The lowest BCUT2D eigenvalue weighted by Crippen LogP contribution is -2.38. The molecule has 0 fully saturated rings. The van der Waals surface area contributed by atoms with E-state index in [2.05, 4.69) is 0 Å². The fourth-order valence-electron chi connectivity index (χ4n) is 4.30. The van der Waals surface area contributed by atoms with Crippen molar-refractivity contribution in [3.05, 3.63) is 35.9 Å². The van der Waals surface area contributed by atoms with Gasteiger partial charge in [-0.15, -0.1) is 0 Å². The largest absolute Gasteiger partial charge is 0.462 e. The zero-order valence-corrected chi connectivity index (χ0v) is 28.1. The van der Waals surface area contributed by atoms with E-state index < -0.39 is 53.2 Å². The summed E-state index contributed by atoms with van der Waals surface area (Å²) in [6.45, 7) is 17.0. The Morgan fingerprint density at radius 1 is 0.683 bits per heavy atom. The van der Waals surface area contributed by atoms with Gasteiger partial charge in [-0.3, -0.25) is 19.2 Å². The highest BCUT2D eigenvalue weighted by atomic mass is 32.7. The summed E-state index contributed by atoms with van der Waals surface area (Å²) in [5, 5.41) is 0. The molecule has 0 N–H and O–H groups in total. The van der Waals surface area contributed by atoms with E-state index in [0.29, 0.717) is 0 Å². The molecule has 0 aliphatic rings. The van der Waals surface area contributed by atoms with Gasteiger partial charge in [0.2, 0.25) is 0 Å². The first-order chi connectivity index (χ1) is 18.8. The van der Waals surface area contributed by atoms with Crippen LogP contribution in [0.15, 0.2) is 30.3 Å². The van der Waals surface area contributed by atoms with Crippen molar-refractivity contribution in [2.75, 3.05) is 19.5 Å². The van der Waals surface area contributed by atoms with Crippen LogP contribution in [0, 0.1) is 21.7 Å². The van der Waals surface area contributed by atoms with Gasteiger partial charge in [-0.25, -0.2) is 0 Å². The van der Waals surface area contributed by atoms with Gasteiger partial charge in [-0.1, -0.05) is 55.6 Å². The van der Waals surface area contributed by atoms with E-state index in [1.54, 1.807) is 55.4 Å². The first kappa shape index (κ1) is 38.8. The van der Waals surface area contributed by atoms with Gasteiger partial charge in [0.15, 0.2) is 0 Å². The van der Waals surface area contributed by atoms with Crippen LogP contribution in [0.3, 0.4) is 0 Å². The van der Waals surface area contributed by atoms with E-state index in [9.17, 15) is 23.4 Å². The summed E-state index contributed by atoms with van der Waals surface area (Å²) in [4.78, 5) is 50.4. The molecule has 1 aromatic rings. The second-order valence-electron chi connectivity index (χ2n) is 12.0. The van der Waals surface area contributed by atoms with Gasteiger partial charge in [-0.2, -0.15) is 4.20 Å². The lowest BCUT2D eigenvalue weighted by atomic mass is 9.75. The molecular formula is C30H48FO8PS. The van der Waals surface area contributed by atoms with E-state index >= 15 is 0 Å². The molecule has 0 aliphatic carbocycles. The van der Waals surface area contributed by atoms with E-state index in [0.717, 1.165) is 16.9 Å². The van der Waals surface area contributed by atoms with Crippen molar-refractivity contribution in [2.45, 2.75) is 88.7 Å². The molecule has 0 radical (unpaired) electrons. The Morgan fingerprint density at radius 2 is 1.05 bits per heavy atom. The number of halogens is 1. The molecule has 0 heterocycles.